The number of methoxy groups -OCH3 is 2. The zero-order valence-corrected chi connectivity index (χ0v) is 10.8. The third kappa shape index (κ3) is 2.78. The van der Waals surface area contributed by atoms with Crippen molar-refractivity contribution in [3.8, 4) is 0 Å². The van der Waals surface area contributed by atoms with E-state index >= 15 is 0 Å². The summed E-state index contributed by atoms with van der Waals surface area (Å²) in [5.41, 5.74) is 6.82. The summed E-state index contributed by atoms with van der Waals surface area (Å²) in [6.07, 6.45) is 0.0778. The average molecular weight is 273 g/mol. The molecule has 0 bridgehead atoms. The molecule has 1 fully saturated rings. The lowest BCUT2D eigenvalue weighted by Gasteiger charge is -2.23. The highest BCUT2D eigenvalue weighted by Gasteiger charge is 2.56. The van der Waals surface area contributed by atoms with E-state index in [0.717, 1.165) is 14.2 Å². The normalized spacial score (nSPS) is 24.4. The molecule has 0 aromatic carbocycles. The van der Waals surface area contributed by atoms with Gasteiger partial charge in [-0.15, -0.1) is 0 Å². The van der Waals surface area contributed by atoms with Crippen molar-refractivity contribution < 1.29 is 23.5 Å². The van der Waals surface area contributed by atoms with Crippen molar-refractivity contribution in [2.45, 2.75) is 12.8 Å². The fourth-order valence-electron chi connectivity index (χ4n) is 2.65. The summed E-state index contributed by atoms with van der Waals surface area (Å²) in [5, 5.41) is 3.40. The van der Waals surface area contributed by atoms with Gasteiger partial charge in [-0.1, -0.05) is 5.11 Å². The van der Waals surface area contributed by atoms with Gasteiger partial charge in [0.2, 0.25) is 0 Å². The van der Waals surface area contributed by atoms with Gasteiger partial charge >= 0.3 is 11.9 Å². The van der Waals surface area contributed by atoms with Crippen LogP contribution in [0.2, 0.25) is 0 Å². The van der Waals surface area contributed by atoms with Crippen LogP contribution in [-0.4, -0.2) is 39.4 Å². The van der Waals surface area contributed by atoms with Crippen molar-refractivity contribution in [2.24, 2.45) is 22.4 Å². The van der Waals surface area contributed by atoms with Gasteiger partial charge in [-0.05, 0) is 30.2 Å². The van der Waals surface area contributed by atoms with Gasteiger partial charge in [-0.25, -0.2) is 0 Å². The molecule has 1 aliphatic rings. The lowest BCUT2D eigenvalue weighted by Crippen LogP contribution is -2.39. The summed E-state index contributed by atoms with van der Waals surface area (Å²) in [7, 11) is 2.33. The smallest absolute Gasteiger partial charge is 0.323 e. The Labute approximate surface area is 109 Å². The minimum absolute atomic E-state index is 0.00839. The van der Waals surface area contributed by atoms with Crippen molar-refractivity contribution in [1.82, 2.24) is 0 Å². The predicted octanol–water partition coefficient (Wildman–Crippen LogP) is 1.62. The fourth-order valence-corrected chi connectivity index (χ4v) is 2.65. The first-order valence-electron chi connectivity index (χ1n) is 5.79. The fraction of sp³-hybridized carbons (Fsp3) is 0.818. The number of halogens is 1. The Bertz CT molecular complexity index is 393. The van der Waals surface area contributed by atoms with Gasteiger partial charge in [-0.3, -0.25) is 14.0 Å². The van der Waals surface area contributed by atoms with Gasteiger partial charge < -0.3 is 9.47 Å². The van der Waals surface area contributed by atoms with Crippen LogP contribution >= 0.6 is 0 Å². The highest BCUT2D eigenvalue weighted by molar-refractivity contribution is 6.00. The number of hydrogen-bond acceptors (Lipinski definition) is 5. The van der Waals surface area contributed by atoms with Crippen LogP contribution in [0, 0.1) is 17.3 Å². The molecular weight excluding hydrogens is 257 g/mol. The number of rotatable bonds is 5. The van der Waals surface area contributed by atoms with Gasteiger partial charge in [-0.2, -0.15) is 0 Å². The van der Waals surface area contributed by atoms with Crippen LogP contribution < -0.4 is 0 Å². The maximum Gasteiger partial charge on any atom is 0.323 e. The molecular formula is C11H16FN3O4. The van der Waals surface area contributed by atoms with E-state index in [1.54, 1.807) is 0 Å². The number of carbonyl (C=O) groups excluding carboxylic acids is 2. The first-order chi connectivity index (χ1) is 9.05. The Hall–Kier alpha value is -1.82. The highest BCUT2D eigenvalue weighted by Crippen LogP contribution is 2.47. The van der Waals surface area contributed by atoms with Gasteiger partial charge in [0.05, 0.1) is 20.9 Å². The second-order valence-electron chi connectivity index (χ2n) is 4.56. The first-order valence-corrected chi connectivity index (χ1v) is 5.79. The standard InChI is InChI=1S/C11H16FN3O4/c1-18-9(16)11(10(17)19-2)3-7(5-12)8(4-11)6-14-15-13/h7-8H,3-6H2,1-2H3/t7-,8+/m0/s1. The van der Waals surface area contributed by atoms with E-state index in [9.17, 15) is 14.0 Å². The van der Waals surface area contributed by atoms with Crippen molar-refractivity contribution in [3.63, 3.8) is 0 Å². The quantitative estimate of drug-likeness (QED) is 0.250. The molecule has 1 aliphatic carbocycles. The predicted molar refractivity (Wildman–Crippen MR) is 62.7 cm³/mol. The van der Waals surface area contributed by atoms with Gasteiger partial charge in [0.25, 0.3) is 0 Å². The van der Waals surface area contributed by atoms with Crippen molar-refractivity contribution in [3.05, 3.63) is 10.4 Å². The molecule has 0 heterocycles. The Kier molecular flexibility index (Phi) is 5.11. The van der Waals surface area contributed by atoms with Gasteiger partial charge in [0.15, 0.2) is 5.41 Å². The third-order valence-corrected chi connectivity index (χ3v) is 3.62. The second-order valence-corrected chi connectivity index (χ2v) is 4.56. The van der Waals surface area contributed by atoms with Crippen LogP contribution in [0.4, 0.5) is 4.39 Å². The minimum atomic E-state index is -1.49. The molecule has 0 amide bonds. The SMILES string of the molecule is COC(=O)C1(C(=O)OC)C[C@@H](CF)[C@@H](CN=[N+]=[N-])C1. The Morgan fingerprint density at radius 2 is 1.84 bits per heavy atom. The molecule has 1 rings (SSSR count). The van der Waals surface area contributed by atoms with E-state index in [0.29, 0.717) is 0 Å². The Morgan fingerprint density at radius 3 is 2.26 bits per heavy atom. The summed E-state index contributed by atoms with van der Waals surface area (Å²) < 4.78 is 22.3. The first kappa shape index (κ1) is 15.2. The van der Waals surface area contributed by atoms with E-state index < -0.39 is 29.9 Å². The third-order valence-electron chi connectivity index (χ3n) is 3.62. The van der Waals surface area contributed by atoms with Crippen molar-refractivity contribution >= 4 is 11.9 Å². The van der Waals surface area contributed by atoms with E-state index in [2.05, 4.69) is 19.5 Å². The number of ether oxygens (including phenoxy) is 2. The number of carbonyl (C=O) groups is 2. The van der Waals surface area contributed by atoms with Crippen LogP contribution in [0.5, 0.6) is 0 Å². The second kappa shape index (κ2) is 6.38. The maximum atomic E-state index is 13.0. The summed E-state index contributed by atoms with van der Waals surface area (Å²) in [5.74, 6) is -2.37. The maximum absolute atomic E-state index is 13.0. The van der Waals surface area contributed by atoms with Crippen LogP contribution in [0.15, 0.2) is 5.11 Å². The molecule has 0 saturated heterocycles. The molecule has 106 valence electrons. The molecule has 0 spiro atoms. The number of nitrogens with zero attached hydrogens (tertiary/aromatic N) is 3. The van der Waals surface area contributed by atoms with Crippen molar-refractivity contribution in [1.29, 1.82) is 0 Å². The van der Waals surface area contributed by atoms with Crippen LogP contribution in [-0.2, 0) is 19.1 Å². The van der Waals surface area contributed by atoms with Crippen LogP contribution in [0.3, 0.4) is 0 Å². The van der Waals surface area contributed by atoms with Gasteiger partial charge in [0, 0.05) is 11.5 Å². The molecule has 2 atom stereocenters. The molecule has 0 aromatic rings. The van der Waals surface area contributed by atoms with Crippen LogP contribution in [0.25, 0.3) is 10.4 Å². The lowest BCUT2D eigenvalue weighted by atomic mass is 9.85. The molecule has 0 unspecified atom stereocenters. The topological polar surface area (TPSA) is 101 Å². The minimum Gasteiger partial charge on any atom is -0.468 e. The number of azide groups is 1. The summed E-state index contributed by atoms with van der Waals surface area (Å²) in [6, 6.07) is 0. The van der Waals surface area contributed by atoms with Crippen molar-refractivity contribution in [2.75, 3.05) is 27.4 Å². The molecule has 0 aliphatic heterocycles. The lowest BCUT2D eigenvalue weighted by molar-refractivity contribution is -0.169. The number of esters is 2. The summed E-state index contributed by atoms with van der Waals surface area (Å²) in [6.45, 7) is -0.651. The zero-order valence-electron chi connectivity index (χ0n) is 10.8. The highest BCUT2D eigenvalue weighted by atomic mass is 19.1. The van der Waals surface area contributed by atoms with E-state index in [4.69, 9.17) is 5.53 Å². The monoisotopic (exact) mass is 273 g/mol. The zero-order chi connectivity index (χ0) is 14.5. The molecule has 8 heteroatoms. The van der Waals surface area contributed by atoms with E-state index in [-0.39, 0.29) is 25.3 Å². The summed E-state index contributed by atoms with van der Waals surface area (Å²) >= 11 is 0. The molecule has 0 aromatic heterocycles. The number of hydrogen-bond donors (Lipinski definition) is 0. The molecule has 1 saturated carbocycles. The van der Waals surface area contributed by atoms with E-state index in [1.807, 2.05) is 0 Å². The Morgan fingerprint density at radius 1 is 1.32 bits per heavy atom. The van der Waals surface area contributed by atoms with E-state index in [1.165, 1.54) is 0 Å². The molecule has 0 N–H and O–H groups in total. The number of alkyl halides is 1. The molecule has 19 heavy (non-hydrogen) atoms. The average Bonchev–Trinajstić information content (AvgIpc) is 2.83. The van der Waals surface area contributed by atoms with Gasteiger partial charge in [0.1, 0.15) is 0 Å². The molecule has 0 radical (unpaired) electrons. The molecule has 7 nitrogen and oxygen atoms in total. The summed E-state index contributed by atoms with van der Waals surface area (Å²) in [4.78, 5) is 26.4. The Balaban J connectivity index is 3.04. The largest absolute Gasteiger partial charge is 0.468 e. The van der Waals surface area contributed by atoms with Crippen LogP contribution in [0.1, 0.15) is 12.8 Å².